The molecule has 3 fully saturated rings. The molecule has 0 N–H and O–H groups in total. The Bertz CT molecular complexity index is 436. The van der Waals surface area contributed by atoms with E-state index in [0.717, 1.165) is 23.9 Å². The van der Waals surface area contributed by atoms with Crippen LogP contribution >= 0.6 is 0 Å². The lowest BCUT2D eigenvalue weighted by molar-refractivity contribution is 0.0399. The van der Waals surface area contributed by atoms with Crippen molar-refractivity contribution in [1.29, 1.82) is 0 Å². The van der Waals surface area contributed by atoms with Crippen LogP contribution in [0.2, 0.25) is 0 Å². The Hall–Kier alpha value is -0.0800. The molecule has 2 nitrogen and oxygen atoms in total. The molecule has 2 unspecified atom stereocenters. The minimum Gasteiger partial charge on any atom is -0.300 e. The summed E-state index contributed by atoms with van der Waals surface area (Å²) in [7, 11) is 0. The van der Waals surface area contributed by atoms with Crippen LogP contribution < -0.4 is 0 Å². The Morgan fingerprint density at radius 3 is 1.85 bits per heavy atom. The van der Waals surface area contributed by atoms with Crippen molar-refractivity contribution in [3.63, 3.8) is 0 Å². The van der Waals surface area contributed by atoms with Crippen molar-refractivity contribution >= 4 is 0 Å². The van der Waals surface area contributed by atoms with E-state index in [9.17, 15) is 0 Å². The van der Waals surface area contributed by atoms with Crippen LogP contribution in [-0.4, -0.2) is 48.1 Å². The molecule has 158 valence electrons. The van der Waals surface area contributed by atoms with Crippen molar-refractivity contribution in [3.8, 4) is 0 Å². The molecule has 27 heavy (non-hydrogen) atoms. The first-order valence-electron chi connectivity index (χ1n) is 12.1. The van der Waals surface area contributed by atoms with E-state index < -0.39 is 0 Å². The van der Waals surface area contributed by atoms with Crippen molar-refractivity contribution in [2.45, 2.75) is 111 Å². The maximum absolute atomic E-state index is 2.95. The van der Waals surface area contributed by atoms with Gasteiger partial charge in [-0.05, 0) is 80.6 Å². The highest BCUT2D eigenvalue weighted by atomic mass is 15.3. The number of rotatable bonds is 6. The molecule has 1 saturated carbocycles. The van der Waals surface area contributed by atoms with Crippen molar-refractivity contribution in [2.75, 3.05) is 26.2 Å². The number of hydrogen-bond acceptors (Lipinski definition) is 2. The summed E-state index contributed by atoms with van der Waals surface area (Å²) in [6.07, 6.45) is 13.0. The summed E-state index contributed by atoms with van der Waals surface area (Å²) in [6, 6.07) is 1.73. The highest BCUT2D eigenvalue weighted by Gasteiger charge is 2.41. The van der Waals surface area contributed by atoms with Gasteiger partial charge in [0.15, 0.2) is 0 Å². The number of piperazine rings is 1. The molecular weight excluding hydrogens is 328 g/mol. The van der Waals surface area contributed by atoms with Crippen LogP contribution in [0.15, 0.2) is 0 Å². The van der Waals surface area contributed by atoms with Gasteiger partial charge in [-0.3, -0.25) is 4.90 Å². The summed E-state index contributed by atoms with van der Waals surface area (Å²) in [5, 5.41) is 0. The Morgan fingerprint density at radius 1 is 0.741 bits per heavy atom. The molecule has 0 aromatic rings. The topological polar surface area (TPSA) is 6.48 Å². The number of likely N-dealkylation sites (tertiary alicyclic amines) is 1. The zero-order chi connectivity index (χ0) is 19.7. The monoisotopic (exact) mass is 376 g/mol. The Kier molecular flexibility index (Phi) is 7.00. The molecule has 3 rings (SSSR count). The quantitative estimate of drug-likeness (QED) is 0.509. The van der Waals surface area contributed by atoms with Gasteiger partial charge in [0.25, 0.3) is 0 Å². The van der Waals surface area contributed by atoms with Crippen molar-refractivity contribution in [2.24, 2.45) is 22.7 Å². The standard InChI is InChI=1S/C25H48N2/c1-24(2,3)15-7-8-16-26-18-22-13-14-23(19-26)27(22)17-20-9-11-21(12-10-20)25(4,5)6/h20-23H,7-19H2,1-6H3. The second kappa shape index (κ2) is 8.74. The number of unbranched alkanes of at least 4 members (excludes halogenated alkanes) is 1. The van der Waals surface area contributed by atoms with E-state index >= 15 is 0 Å². The van der Waals surface area contributed by atoms with Crippen LogP contribution in [0.25, 0.3) is 0 Å². The van der Waals surface area contributed by atoms with Crippen LogP contribution in [0.1, 0.15) is 99.3 Å². The van der Waals surface area contributed by atoms with Gasteiger partial charge in [-0.2, -0.15) is 0 Å². The fraction of sp³-hybridized carbons (Fsp3) is 1.00. The minimum absolute atomic E-state index is 0.504. The predicted octanol–water partition coefficient (Wildman–Crippen LogP) is 6.20. The summed E-state index contributed by atoms with van der Waals surface area (Å²) >= 11 is 0. The highest BCUT2D eigenvalue weighted by molar-refractivity contribution is 4.97. The van der Waals surface area contributed by atoms with E-state index in [4.69, 9.17) is 0 Å². The lowest BCUT2D eigenvalue weighted by Gasteiger charge is -2.44. The third-order valence-corrected chi connectivity index (χ3v) is 7.90. The van der Waals surface area contributed by atoms with Gasteiger partial charge < -0.3 is 4.90 Å². The van der Waals surface area contributed by atoms with Crippen molar-refractivity contribution in [3.05, 3.63) is 0 Å². The molecule has 0 aromatic heterocycles. The van der Waals surface area contributed by atoms with Gasteiger partial charge in [0.1, 0.15) is 0 Å². The number of nitrogens with zero attached hydrogens (tertiary/aromatic N) is 2. The van der Waals surface area contributed by atoms with Crippen LogP contribution in [0.5, 0.6) is 0 Å². The molecular formula is C25H48N2. The lowest BCUT2D eigenvalue weighted by Crippen LogP contribution is -2.55. The summed E-state index contributed by atoms with van der Waals surface area (Å²) in [4.78, 5) is 5.76. The van der Waals surface area contributed by atoms with Crippen LogP contribution in [0.4, 0.5) is 0 Å². The number of hydrogen-bond donors (Lipinski definition) is 0. The average molecular weight is 377 g/mol. The zero-order valence-corrected chi connectivity index (χ0v) is 19.4. The predicted molar refractivity (Wildman–Crippen MR) is 118 cm³/mol. The van der Waals surface area contributed by atoms with E-state index in [0.29, 0.717) is 10.8 Å². The summed E-state index contributed by atoms with van der Waals surface area (Å²) in [5.41, 5.74) is 1.02. The van der Waals surface area contributed by atoms with Crippen molar-refractivity contribution in [1.82, 2.24) is 9.80 Å². The maximum atomic E-state index is 2.95. The maximum Gasteiger partial charge on any atom is 0.0227 e. The average Bonchev–Trinajstić information content (AvgIpc) is 2.80. The van der Waals surface area contributed by atoms with Crippen LogP contribution in [0.3, 0.4) is 0 Å². The van der Waals surface area contributed by atoms with Crippen LogP contribution in [-0.2, 0) is 0 Å². The SMILES string of the molecule is CC(C)(C)CCCCN1CC2CCC(C1)N2CC1CCC(C(C)(C)C)CC1. The first-order chi connectivity index (χ1) is 12.6. The fourth-order valence-electron chi connectivity index (χ4n) is 6.06. The Labute approximate surface area is 170 Å². The highest BCUT2D eigenvalue weighted by Crippen LogP contribution is 2.41. The second-order valence-corrected chi connectivity index (χ2v) is 12.4. The lowest BCUT2D eigenvalue weighted by atomic mass is 9.70. The molecule has 2 saturated heterocycles. The van der Waals surface area contributed by atoms with Crippen molar-refractivity contribution < 1.29 is 0 Å². The second-order valence-electron chi connectivity index (χ2n) is 12.4. The van der Waals surface area contributed by atoms with Crippen LogP contribution in [0, 0.1) is 22.7 Å². The van der Waals surface area contributed by atoms with E-state index in [2.05, 4.69) is 51.3 Å². The Morgan fingerprint density at radius 2 is 1.33 bits per heavy atom. The third kappa shape index (κ3) is 6.20. The minimum atomic E-state index is 0.504. The number of fused-ring (bicyclic) bond motifs is 2. The van der Waals surface area contributed by atoms with Gasteiger partial charge in [0.05, 0.1) is 0 Å². The first-order valence-corrected chi connectivity index (χ1v) is 12.1. The fourth-order valence-corrected chi connectivity index (χ4v) is 6.06. The molecule has 2 heteroatoms. The van der Waals surface area contributed by atoms with Gasteiger partial charge in [-0.25, -0.2) is 0 Å². The van der Waals surface area contributed by atoms with Gasteiger partial charge in [-0.15, -0.1) is 0 Å². The Balaban J connectivity index is 1.40. The molecule has 3 aliphatic rings. The molecule has 2 heterocycles. The molecule has 1 aliphatic carbocycles. The summed E-state index contributed by atoms with van der Waals surface area (Å²) < 4.78 is 0. The largest absolute Gasteiger partial charge is 0.300 e. The van der Waals surface area contributed by atoms with E-state index in [-0.39, 0.29) is 0 Å². The molecule has 2 bridgehead atoms. The molecule has 2 aliphatic heterocycles. The van der Waals surface area contributed by atoms with Gasteiger partial charge in [-0.1, -0.05) is 48.0 Å². The zero-order valence-electron chi connectivity index (χ0n) is 19.4. The molecule has 0 aromatic carbocycles. The van der Waals surface area contributed by atoms with E-state index in [1.54, 1.807) is 0 Å². The first kappa shape index (κ1) is 21.6. The van der Waals surface area contributed by atoms with Gasteiger partial charge in [0, 0.05) is 31.7 Å². The summed E-state index contributed by atoms with van der Waals surface area (Å²) in [5.74, 6) is 1.93. The molecule has 0 radical (unpaired) electrons. The van der Waals surface area contributed by atoms with E-state index in [1.165, 1.54) is 84.0 Å². The molecule has 2 atom stereocenters. The summed E-state index contributed by atoms with van der Waals surface area (Å²) in [6.45, 7) is 19.9. The normalized spacial score (nSPS) is 33.6. The molecule has 0 amide bonds. The van der Waals surface area contributed by atoms with Gasteiger partial charge in [0.2, 0.25) is 0 Å². The smallest absolute Gasteiger partial charge is 0.0227 e. The third-order valence-electron chi connectivity index (χ3n) is 7.90. The van der Waals surface area contributed by atoms with Gasteiger partial charge >= 0.3 is 0 Å². The van der Waals surface area contributed by atoms with E-state index in [1.807, 2.05) is 0 Å². The molecule has 0 spiro atoms.